The number of halogens is 1. The van der Waals surface area contributed by atoms with E-state index in [1.807, 2.05) is 0 Å². The van der Waals surface area contributed by atoms with Gasteiger partial charge in [-0.05, 0) is 43.3 Å². The largest absolute Gasteiger partial charge is 0.485 e. The molecule has 0 bridgehead atoms. The van der Waals surface area contributed by atoms with Crippen LogP contribution in [0.4, 0.5) is 0 Å². The molecule has 1 aromatic heterocycles. The van der Waals surface area contributed by atoms with E-state index >= 15 is 0 Å². The highest BCUT2D eigenvalue weighted by atomic mass is 35.5. The minimum absolute atomic E-state index is 0.00384. The number of carbonyl (C=O) groups is 2. The van der Waals surface area contributed by atoms with Crippen molar-refractivity contribution in [3.8, 4) is 5.75 Å². The molecule has 0 aliphatic carbocycles. The van der Waals surface area contributed by atoms with Gasteiger partial charge in [-0.1, -0.05) is 11.6 Å². The first-order valence-corrected chi connectivity index (χ1v) is 6.78. The van der Waals surface area contributed by atoms with Crippen molar-refractivity contribution in [2.24, 2.45) is 0 Å². The standard InChI is InChI=1S/C14H11ClO3S/c1-9(16)10-2-4-11(5-3-10)18-8-12(17)13-6-7-14(15)19-13/h2-7H,8H2,1H3. The minimum atomic E-state index is -0.118. The fourth-order valence-corrected chi connectivity index (χ4v) is 2.44. The highest BCUT2D eigenvalue weighted by Gasteiger charge is 2.09. The average molecular weight is 295 g/mol. The van der Waals surface area contributed by atoms with Gasteiger partial charge in [0.05, 0.1) is 9.21 Å². The smallest absolute Gasteiger partial charge is 0.210 e. The van der Waals surface area contributed by atoms with E-state index in [1.54, 1.807) is 36.4 Å². The van der Waals surface area contributed by atoms with E-state index in [0.29, 0.717) is 20.5 Å². The summed E-state index contributed by atoms with van der Waals surface area (Å²) in [4.78, 5) is 23.5. The van der Waals surface area contributed by atoms with Crippen LogP contribution in [0.1, 0.15) is 27.0 Å². The van der Waals surface area contributed by atoms with Crippen LogP contribution in [-0.4, -0.2) is 18.2 Å². The molecule has 2 aromatic rings. The van der Waals surface area contributed by atoms with Crippen LogP contribution in [0.2, 0.25) is 4.34 Å². The second-order valence-corrected chi connectivity index (χ2v) is 5.61. The third kappa shape index (κ3) is 3.66. The van der Waals surface area contributed by atoms with Crippen LogP contribution in [0.5, 0.6) is 5.75 Å². The zero-order chi connectivity index (χ0) is 13.8. The summed E-state index contributed by atoms with van der Waals surface area (Å²) >= 11 is 6.99. The van der Waals surface area contributed by atoms with E-state index < -0.39 is 0 Å². The van der Waals surface area contributed by atoms with Crippen LogP contribution in [0, 0.1) is 0 Å². The van der Waals surface area contributed by atoms with Crippen LogP contribution < -0.4 is 4.74 Å². The van der Waals surface area contributed by atoms with Gasteiger partial charge < -0.3 is 4.74 Å². The summed E-state index contributed by atoms with van der Waals surface area (Å²) in [6, 6.07) is 10.0. The monoisotopic (exact) mass is 294 g/mol. The third-order valence-electron chi connectivity index (χ3n) is 2.48. The van der Waals surface area contributed by atoms with Gasteiger partial charge in [0.1, 0.15) is 5.75 Å². The molecule has 0 atom stereocenters. The van der Waals surface area contributed by atoms with Gasteiger partial charge in [-0.25, -0.2) is 0 Å². The molecule has 0 aliphatic rings. The Morgan fingerprint density at radius 1 is 1.16 bits per heavy atom. The number of thiophene rings is 1. The predicted molar refractivity (Wildman–Crippen MR) is 75.6 cm³/mol. The van der Waals surface area contributed by atoms with Gasteiger partial charge in [0.25, 0.3) is 0 Å². The fourth-order valence-electron chi connectivity index (χ4n) is 1.47. The van der Waals surface area contributed by atoms with Crippen molar-refractivity contribution in [1.82, 2.24) is 0 Å². The number of benzene rings is 1. The van der Waals surface area contributed by atoms with Gasteiger partial charge in [-0.15, -0.1) is 11.3 Å². The summed E-state index contributed by atoms with van der Waals surface area (Å²) in [6.07, 6.45) is 0. The van der Waals surface area contributed by atoms with Crippen molar-refractivity contribution >= 4 is 34.5 Å². The summed E-state index contributed by atoms with van der Waals surface area (Å²) in [5.74, 6) is 0.435. The molecule has 98 valence electrons. The first-order valence-electron chi connectivity index (χ1n) is 5.58. The van der Waals surface area contributed by atoms with Crippen LogP contribution in [0.15, 0.2) is 36.4 Å². The summed E-state index contributed by atoms with van der Waals surface area (Å²) in [5.41, 5.74) is 0.615. The van der Waals surface area contributed by atoms with Crippen LogP contribution in [0.25, 0.3) is 0 Å². The third-order valence-corrected chi connectivity index (χ3v) is 3.75. The molecule has 0 saturated heterocycles. The van der Waals surface area contributed by atoms with Crippen LogP contribution in [-0.2, 0) is 0 Å². The topological polar surface area (TPSA) is 43.4 Å². The summed E-state index contributed by atoms with van der Waals surface area (Å²) in [5, 5.41) is 0. The van der Waals surface area contributed by atoms with E-state index in [9.17, 15) is 9.59 Å². The molecule has 5 heteroatoms. The zero-order valence-electron chi connectivity index (χ0n) is 10.2. The number of ether oxygens (including phenoxy) is 1. The molecule has 2 rings (SSSR count). The Morgan fingerprint density at radius 2 is 1.84 bits per heavy atom. The predicted octanol–water partition coefficient (Wildman–Crippen LogP) is 3.87. The molecule has 0 unspecified atom stereocenters. The Hall–Kier alpha value is -1.65. The van der Waals surface area contributed by atoms with Crippen LogP contribution in [0.3, 0.4) is 0 Å². The molecular formula is C14H11ClO3S. The Bertz CT molecular complexity index is 601. The van der Waals surface area contributed by atoms with Gasteiger partial charge in [0.2, 0.25) is 5.78 Å². The lowest BCUT2D eigenvalue weighted by molar-refractivity contribution is 0.0924. The van der Waals surface area contributed by atoms with Gasteiger partial charge in [0.15, 0.2) is 12.4 Å². The number of hydrogen-bond acceptors (Lipinski definition) is 4. The normalized spacial score (nSPS) is 10.2. The lowest BCUT2D eigenvalue weighted by Gasteiger charge is -2.04. The van der Waals surface area contributed by atoms with Crippen LogP contribution >= 0.6 is 22.9 Å². The molecule has 0 aliphatic heterocycles. The van der Waals surface area contributed by atoms with E-state index in [0.717, 1.165) is 0 Å². The van der Waals surface area contributed by atoms with Crippen molar-refractivity contribution < 1.29 is 14.3 Å². The van der Waals surface area contributed by atoms with Gasteiger partial charge in [-0.2, -0.15) is 0 Å². The van der Waals surface area contributed by atoms with Crippen molar-refractivity contribution in [2.45, 2.75) is 6.92 Å². The van der Waals surface area contributed by atoms with Crippen molar-refractivity contribution in [2.75, 3.05) is 6.61 Å². The van der Waals surface area contributed by atoms with Crippen molar-refractivity contribution in [3.63, 3.8) is 0 Å². The molecule has 0 saturated carbocycles. The van der Waals surface area contributed by atoms with Crippen molar-refractivity contribution in [1.29, 1.82) is 0 Å². The Morgan fingerprint density at radius 3 is 2.37 bits per heavy atom. The quantitative estimate of drug-likeness (QED) is 0.786. The minimum Gasteiger partial charge on any atom is -0.485 e. The van der Waals surface area contributed by atoms with E-state index in [4.69, 9.17) is 16.3 Å². The molecule has 0 spiro atoms. The maximum absolute atomic E-state index is 11.8. The molecule has 0 radical (unpaired) electrons. The molecule has 0 amide bonds. The molecule has 1 heterocycles. The lowest BCUT2D eigenvalue weighted by atomic mass is 10.1. The number of hydrogen-bond donors (Lipinski definition) is 0. The summed E-state index contributed by atoms with van der Waals surface area (Å²) in [6.45, 7) is 1.45. The summed E-state index contributed by atoms with van der Waals surface area (Å²) < 4.78 is 5.95. The maximum Gasteiger partial charge on any atom is 0.210 e. The maximum atomic E-state index is 11.8. The second-order valence-electron chi connectivity index (χ2n) is 3.90. The number of rotatable bonds is 5. The SMILES string of the molecule is CC(=O)c1ccc(OCC(=O)c2ccc(Cl)s2)cc1. The fraction of sp³-hybridized carbons (Fsp3) is 0.143. The van der Waals surface area contributed by atoms with Gasteiger partial charge in [0, 0.05) is 5.56 Å². The summed E-state index contributed by atoms with van der Waals surface area (Å²) in [7, 11) is 0. The lowest BCUT2D eigenvalue weighted by Crippen LogP contribution is -2.10. The molecule has 3 nitrogen and oxygen atoms in total. The molecule has 19 heavy (non-hydrogen) atoms. The molecule has 0 fully saturated rings. The first-order chi connectivity index (χ1) is 9.06. The highest BCUT2D eigenvalue weighted by molar-refractivity contribution is 7.18. The Balaban J connectivity index is 1.95. The zero-order valence-corrected chi connectivity index (χ0v) is 11.8. The number of ketones is 2. The first kappa shape index (κ1) is 13.8. The second kappa shape index (κ2) is 5.99. The van der Waals surface area contributed by atoms with E-state index in [2.05, 4.69) is 0 Å². The Kier molecular flexibility index (Phi) is 4.35. The molecular weight excluding hydrogens is 284 g/mol. The molecule has 1 aromatic carbocycles. The average Bonchev–Trinajstić information content (AvgIpc) is 2.83. The van der Waals surface area contributed by atoms with Crippen molar-refractivity contribution in [3.05, 3.63) is 51.2 Å². The number of Topliss-reactive ketones (excluding diaryl/α,β-unsaturated/α-hetero) is 2. The van der Waals surface area contributed by atoms with Gasteiger partial charge in [-0.3, -0.25) is 9.59 Å². The number of carbonyl (C=O) groups excluding carboxylic acids is 2. The Labute approximate surface area is 119 Å². The van der Waals surface area contributed by atoms with E-state index in [-0.39, 0.29) is 18.2 Å². The highest BCUT2D eigenvalue weighted by Crippen LogP contribution is 2.22. The van der Waals surface area contributed by atoms with Gasteiger partial charge >= 0.3 is 0 Å². The molecule has 0 N–H and O–H groups in total. The van der Waals surface area contributed by atoms with E-state index in [1.165, 1.54) is 18.3 Å².